The van der Waals surface area contributed by atoms with E-state index in [2.05, 4.69) is 15.6 Å². The SMILES string of the molecule is CC(c1nc(/C=C/CNC(=O)C2CC2)cc2c(N[C@@H]3CCN(C)C[C@@H]3F)cccc12)C(F)(F)F. The van der Waals surface area contributed by atoms with Crippen molar-refractivity contribution in [3.05, 3.63) is 41.7 Å². The Morgan fingerprint density at radius 3 is 2.71 bits per heavy atom. The summed E-state index contributed by atoms with van der Waals surface area (Å²) in [4.78, 5) is 18.0. The summed E-state index contributed by atoms with van der Waals surface area (Å²) >= 11 is 0. The van der Waals surface area contributed by atoms with Gasteiger partial charge < -0.3 is 15.5 Å². The molecule has 1 aromatic heterocycles. The van der Waals surface area contributed by atoms with Crippen molar-refractivity contribution in [3.63, 3.8) is 0 Å². The smallest absolute Gasteiger partial charge is 0.379 e. The summed E-state index contributed by atoms with van der Waals surface area (Å²) in [6.45, 7) is 2.42. The standard InChI is InChI=1S/C25H30F4N4O/c1-15(25(27,28)29)23-18-6-3-7-21(32-22-10-12-33(2)14-20(22)26)19(18)13-17(31-23)5-4-11-30-24(34)16-8-9-16/h3-7,13,15-16,20,22,32H,8-12,14H2,1-2H3,(H,30,34)/b5-4+/t15?,20-,22+/m0/s1. The number of alkyl halides is 4. The van der Waals surface area contributed by atoms with Gasteiger partial charge in [0.05, 0.1) is 23.3 Å². The number of rotatable bonds is 7. The number of pyridine rings is 1. The minimum Gasteiger partial charge on any atom is -0.379 e. The number of halogens is 4. The van der Waals surface area contributed by atoms with E-state index in [1.807, 2.05) is 11.9 Å². The molecule has 0 radical (unpaired) electrons. The maximum absolute atomic E-state index is 14.6. The first-order valence-electron chi connectivity index (χ1n) is 11.7. The Morgan fingerprint density at radius 1 is 1.26 bits per heavy atom. The summed E-state index contributed by atoms with van der Waals surface area (Å²) in [6, 6.07) is 6.35. The van der Waals surface area contributed by atoms with E-state index in [9.17, 15) is 22.4 Å². The lowest BCUT2D eigenvalue weighted by molar-refractivity contribution is -0.146. The first-order valence-corrected chi connectivity index (χ1v) is 11.7. The summed E-state index contributed by atoms with van der Waals surface area (Å²) in [5.74, 6) is -1.70. The largest absolute Gasteiger partial charge is 0.397 e. The van der Waals surface area contributed by atoms with Crippen molar-refractivity contribution in [2.24, 2.45) is 5.92 Å². The van der Waals surface area contributed by atoms with Crippen LogP contribution in [0.1, 0.15) is 43.5 Å². The number of amides is 1. The molecule has 1 saturated carbocycles. The van der Waals surface area contributed by atoms with Crippen LogP contribution in [-0.4, -0.2) is 60.9 Å². The molecule has 1 aliphatic carbocycles. The predicted molar refractivity (Wildman–Crippen MR) is 125 cm³/mol. The fourth-order valence-corrected chi connectivity index (χ4v) is 4.27. The van der Waals surface area contributed by atoms with Gasteiger partial charge in [0.1, 0.15) is 6.17 Å². The van der Waals surface area contributed by atoms with Crippen LogP contribution in [0.3, 0.4) is 0 Å². The molecule has 2 aromatic rings. The number of fused-ring (bicyclic) bond motifs is 1. The van der Waals surface area contributed by atoms with Gasteiger partial charge in [-0.3, -0.25) is 9.78 Å². The van der Waals surface area contributed by atoms with E-state index >= 15 is 0 Å². The average molecular weight is 479 g/mol. The molecule has 1 aliphatic heterocycles. The molecule has 2 heterocycles. The number of nitrogens with zero attached hydrogens (tertiary/aromatic N) is 2. The van der Waals surface area contributed by atoms with Gasteiger partial charge in [0.2, 0.25) is 5.91 Å². The lowest BCUT2D eigenvalue weighted by Crippen LogP contribution is -2.46. The van der Waals surface area contributed by atoms with Gasteiger partial charge in [-0.25, -0.2) is 4.39 Å². The number of benzene rings is 1. The van der Waals surface area contributed by atoms with Crippen LogP contribution in [0.25, 0.3) is 16.8 Å². The molecule has 1 unspecified atom stereocenters. The van der Waals surface area contributed by atoms with Crippen molar-refractivity contribution in [1.29, 1.82) is 0 Å². The second kappa shape index (κ2) is 9.90. The van der Waals surface area contributed by atoms with Gasteiger partial charge in [0.25, 0.3) is 0 Å². The van der Waals surface area contributed by atoms with E-state index in [0.717, 1.165) is 26.3 Å². The second-order valence-electron chi connectivity index (χ2n) is 9.34. The van der Waals surface area contributed by atoms with E-state index in [-0.39, 0.29) is 24.1 Å². The van der Waals surface area contributed by atoms with Crippen molar-refractivity contribution in [3.8, 4) is 0 Å². The Kier molecular flexibility index (Phi) is 7.12. The molecule has 34 heavy (non-hydrogen) atoms. The van der Waals surface area contributed by atoms with E-state index in [1.54, 1.807) is 36.4 Å². The van der Waals surface area contributed by atoms with Crippen LogP contribution in [0.5, 0.6) is 0 Å². The van der Waals surface area contributed by atoms with Gasteiger partial charge in [-0.05, 0) is 51.4 Å². The zero-order valence-corrected chi connectivity index (χ0v) is 19.3. The number of piperidine rings is 1. The Morgan fingerprint density at radius 2 is 2.03 bits per heavy atom. The molecule has 9 heteroatoms. The fourth-order valence-electron chi connectivity index (χ4n) is 4.27. The summed E-state index contributed by atoms with van der Waals surface area (Å²) in [5, 5.41) is 6.98. The fraction of sp³-hybridized carbons (Fsp3) is 0.520. The Labute approximate surface area is 196 Å². The van der Waals surface area contributed by atoms with E-state index in [0.29, 0.717) is 35.1 Å². The minimum atomic E-state index is -4.46. The molecule has 4 rings (SSSR count). The highest BCUT2D eigenvalue weighted by Crippen LogP contribution is 2.39. The predicted octanol–water partition coefficient (Wildman–Crippen LogP) is 4.89. The van der Waals surface area contributed by atoms with Gasteiger partial charge in [0.15, 0.2) is 0 Å². The average Bonchev–Trinajstić information content (AvgIpc) is 3.63. The minimum absolute atomic E-state index is 0.00658. The number of aromatic nitrogens is 1. The van der Waals surface area contributed by atoms with Gasteiger partial charge in [0, 0.05) is 42.0 Å². The van der Waals surface area contributed by atoms with Crippen LogP contribution in [0.4, 0.5) is 23.2 Å². The molecule has 3 atom stereocenters. The maximum Gasteiger partial charge on any atom is 0.397 e. The zero-order valence-electron chi connectivity index (χ0n) is 19.3. The molecule has 1 saturated heterocycles. The third-order valence-electron chi connectivity index (χ3n) is 6.54. The number of likely N-dealkylation sites (tertiary alicyclic amines) is 1. The summed E-state index contributed by atoms with van der Waals surface area (Å²) in [6.07, 6.45) is 0.143. The van der Waals surface area contributed by atoms with Crippen LogP contribution < -0.4 is 10.6 Å². The van der Waals surface area contributed by atoms with Crippen molar-refractivity contribution < 1.29 is 22.4 Å². The molecule has 2 fully saturated rings. The van der Waals surface area contributed by atoms with E-state index in [4.69, 9.17) is 0 Å². The van der Waals surface area contributed by atoms with E-state index in [1.165, 1.54) is 0 Å². The highest BCUT2D eigenvalue weighted by Gasteiger charge is 2.39. The molecular formula is C25H30F4N4O. The van der Waals surface area contributed by atoms with Crippen molar-refractivity contribution in [1.82, 2.24) is 15.2 Å². The van der Waals surface area contributed by atoms with Gasteiger partial charge in [-0.2, -0.15) is 13.2 Å². The van der Waals surface area contributed by atoms with Crippen LogP contribution >= 0.6 is 0 Å². The number of hydrogen-bond acceptors (Lipinski definition) is 4. The number of hydrogen-bond donors (Lipinski definition) is 2. The molecule has 2 aliphatic rings. The number of nitrogens with one attached hydrogen (secondary N) is 2. The monoisotopic (exact) mass is 478 g/mol. The first kappa shape index (κ1) is 24.4. The van der Waals surface area contributed by atoms with Gasteiger partial charge in [-0.1, -0.05) is 18.2 Å². The molecule has 0 bridgehead atoms. The Hall–Kier alpha value is -2.68. The summed E-state index contributed by atoms with van der Waals surface area (Å²) in [7, 11) is 1.86. The maximum atomic E-state index is 14.6. The van der Waals surface area contributed by atoms with Crippen molar-refractivity contribution in [2.75, 3.05) is 32.0 Å². The van der Waals surface area contributed by atoms with Crippen LogP contribution in [0, 0.1) is 5.92 Å². The topological polar surface area (TPSA) is 57.3 Å². The quantitative estimate of drug-likeness (QED) is 0.557. The number of carbonyl (C=O) groups excluding carboxylic acids is 1. The molecule has 184 valence electrons. The lowest BCUT2D eigenvalue weighted by atomic mass is 9.97. The molecule has 0 spiro atoms. The third-order valence-corrected chi connectivity index (χ3v) is 6.54. The Bertz CT molecular complexity index is 1070. The van der Waals surface area contributed by atoms with E-state index < -0.39 is 24.3 Å². The molecule has 2 N–H and O–H groups in total. The molecule has 1 aromatic carbocycles. The normalized spacial score (nSPS) is 22.8. The number of carbonyl (C=O) groups is 1. The Balaban J connectivity index is 1.66. The van der Waals surface area contributed by atoms with Crippen molar-refractivity contribution >= 4 is 28.4 Å². The second-order valence-corrected chi connectivity index (χ2v) is 9.34. The zero-order chi connectivity index (χ0) is 24.5. The van der Waals surface area contributed by atoms with Crippen LogP contribution in [-0.2, 0) is 4.79 Å². The molecule has 1 amide bonds. The third kappa shape index (κ3) is 5.68. The van der Waals surface area contributed by atoms with Crippen molar-refractivity contribution in [2.45, 2.75) is 50.5 Å². The van der Waals surface area contributed by atoms with Crippen LogP contribution in [0.15, 0.2) is 30.3 Å². The van der Waals surface area contributed by atoms with Gasteiger partial charge in [-0.15, -0.1) is 0 Å². The van der Waals surface area contributed by atoms with Crippen LogP contribution in [0.2, 0.25) is 0 Å². The lowest BCUT2D eigenvalue weighted by Gasteiger charge is -2.33. The summed E-state index contributed by atoms with van der Waals surface area (Å²) in [5.41, 5.74) is 0.869. The van der Waals surface area contributed by atoms with Gasteiger partial charge >= 0.3 is 6.18 Å². The number of anilines is 1. The first-order chi connectivity index (χ1) is 16.1. The highest BCUT2D eigenvalue weighted by atomic mass is 19.4. The highest BCUT2D eigenvalue weighted by molar-refractivity contribution is 5.96. The molecule has 5 nitrogen and oxygen atoms in total. The summed E-state index contributed by atoms with van der Waals surface area (Å²) < 4.78 is 55.6. The molecular weight excluding hydrogens is 448 g/mol.